The fraction of sp³-hybridized carbons (Fsp3) is 0.0500. The molecule has 4 rings (SSSR count). The van der Waals surface area contributed by atoms with Gasteiger partial charge in [0.2, 0.25) is 5.91 Å². The summed E-state index contributed by atoms with van der Waals surface area (Å²) in [5.41, 5.74) is -0.552. The van der Waals surface area contributed by atoms with Crippen molar-refractivity contribution >= 4 is 40.3 Å². The van der Waals surface area contributed by atoms with Gasteiger partial charge in [-0.05, 0) is 42.5 Å². The highest BCUT2D eigenvalue weighted by atomic mass is 35.5. The summed E-state index contributed by atoms with van der Waals surface area (Å²) in [5, 5.41) is 5.76. The molecule has 0 unspecified atom stereocenters. The normalized spacial score (nSPS) is 12.0. The van der Waals surface area contributed by atoms with E-state index in [9.17, 15) is 27.2 Å². The molecule has 0 bridgehead atoms. The number of fused-ring (bicyclic) bond motifs is 1. The van der Waals surface area contributed by atoms with Gasteiger partial charge >= 0.3 is 11.9 Å². The third-order valence-electron chi connectivity index (χ3n) is 4.39. The van der Waals surface area contributed by atoms with Crippen molar-refractivity contribution in [3.8, 4) is 5.69 Å². The molecule has 0 aliphatic carbocycles. The second-order valence-electron chi connectivity index (χ2n) is 6.59. The lowest BCUT2D eigenvalue weighted by atomic mass is 10.2. The van der Waals surface area contributed by atoms with Gasteiger partial charge in [0.05, 0.1) is 33.1 Å². The van der Waals surface area contributed by atoms with Gasteiger partial charge in [-0.1, -0.05) is 17.7 Å². The van der Waals surface area contributed by atoms with Gasteiger partial charge in [-0.15, -0.1) is 0 Å². The SMILES string of the molecule is O=C(/C=C/c1cc(C(F)(F)F)nn1-c1ccc(F)c(Cl)c1)Nc1cccc2[nH]c(=O)[nH]c12. The number of nitrogens with one attached hydrogen (secondary N) is 3. The first-order chi connectivity index (χ1) is 15.1. The molecule has 0 saturated carbocycles. The van der Waals surface area contributed by atoms with Crippen LogP contribution in [-0.2, 0) is 11.0 Å². The number of aromatic nitrogens is 4. The highest BCUT2D eigenvalue weighted by molar-refractivity contribution is 6.30. The number of anilines is 1. The van der Waals surface area contributed by atoms with E-state index in [4.69, 9.17) is 11.6 Å². The lowest BCUT2D eigenvalue weighted by Crippen LogP contribution is -2.09. The molecule has 2 aromatic heterocycles. The maximum atomic E-state index is 13.5. The summed E-state index contributed by atoms with van der Waals surface area (Å²) in [7, 11) is 0. The van der Waals surface area contributed by atoms with Crippen LogP contribution >= 0.6 is 11.6 Å². The summed E-state index contributed by atoms with van der Waals surface area (Å²) < 4.78 is 53.9. The molecule has 0 fully saturated rings. The van der Waals surface area contributed by atoms with E-state index < -0.39 is 29.3 Å². The molecule has 0 atom stereocenters. The Balaban J connectivity index is 1.66. The van der Waals surface area contributed by atoms with E-state index in [-0.39, 0.29) is 16.4 Å². The van der Waals surface area contributed by atoms with Crippen molar-refractivity contribution in [1.82, 2.24) is 19.7 Å². The van der Waals surface area contributed by atoms with Crippen LogP contribution in [0.15, 0.2) is 53.3 Å². The largest absolute Gasteiger partial charge is 0.435 e. The molecule has 0 saturated heterocycles. The Bertz CT molecular complexity index is 1420. The van der Waals surface area contributed by atoms with E-state index >= 15 is 0 Å². The van der Waals surface area contributed by atoms with Crippen LogP contribution in [0.3, 0.4) is 0 Å². The van der Waals surface area contributed by atoms with Crippen LogP contribution < -0.4 is 11.0 Å². The van der Waals surface area contributed by atoms with Gasteiger partial charge in [-0.3, -0.25) is 4.79 Å². The third-order valence-corrected chi connectivity index (χ3v) is 4.68. The van der Waals surface area contributed by atoms with Gasteiger partial charge in [-0.25, -0.2) is 13.9 Å². The fourth-order valence-electron chi connectivity index (χ4n) is 2.97. The second kappa shape index (κ2) is 8.00. The molecule has 32 heavy (non-hydrogen) atoms. The van der Waals surface area contributed by atoms with E-state index in [1.54, 1.807) is 18.2 Å². The Labute approximate surface area is 181 Å². The predicted octanol–water partition coefficient (Wildman–Crippen LogP) is 4.51. The molecule has 12 heteroatoms. The number of alkyl halides is 3. The van der Waals surface area contributed by atoms with Gasteiger partial charge in [-0.2, -0.15) is 18.3 Å². The van der Waals surface area contributed by atoms with Crippen LogP contribution in [0.1, 0.15) is 11.4 Å². The monoisotopic (exact) mass is 465 g/mol. The van der Waals surface area contributed by atoms with E-state index in [0.717, 1.165) is 35.0 Å². The van der Waals surface area contributed by atoms with Crippen LogP contribution in [0.5, 0.6) is 0 Å². The quantitative estimate of drug-likeness (QED) is 0.306. The minimum atomic E-state index is -4.74. The predicted molar refractivity (Wildman–Crippen MR) is 110 cm³/mol. The van der Waals surface area contributed by atoms with Gasteiger partial charge in [0.1, 0.15) is 5.82 Å². The molecule has 2 heterocycles. The molecule has 1 amide bonds. The molecule has 7 nitrogen and oxygen atoms in total. The van der Waals surface area contributed by atoms with Gasteiger partial charge < -0.3 is 15.3 Å². The number of amides is 1. The summed E-state index contributed by atoms with van der Waals surface area (Å²) in [6.45, 7) is 0. The number of para-hydroxylation sites is 1. The summed E-state index contributed by atoms with van der Waals surface area (Å²) in [6.07, 6.45) is -2.62. The first-order valence-electron chi connectivity index (χ1n) is 8.94. The fourth-order valence-corrected chi connectivity index (χ4v) is 3.15. The molecule has 164 valence electrons. The van der Waals surface area contributed by atoms with Crippen LogP contribution in [-0.4, -0.2) is 25.7 Å². The summed E-state index contributed by atoms with van der Waals surface area (Å²) in [6, 6.07) is 8.83. The highest BCUT2D eigenvalue weighted by Gasteiger charge is 2.35. The van der Waals surface area contributed by atoms with Gasteiger partial charge in [0.15, 0.2) is 5.69 Å². The Morgan fingerprint density at radius 3 is 2.66 bits per heavy atom. The number of aromatic amines is 2. The second-order valence-corrected chi connectivity index (χ2v) is 7.00. The third kappa shape index (κ3) is 4.28. The number of carbonyl (C=O) groups is 1. The number of H-pyrrole nitrogens is 2. The van der Waals surface area contributed by atoms with Crippen molar-refractivity contribution in [1.29, 1.82) is 0 Å². The standard InChI is InChI=1S/C20H12ClF4N5O2/c21-12-8-10(4-6-13(12)22)30-11(9-16(29-30)20(23,24)25)5-7-17(31)26-14-2-1-3-15-18(14)28-19(32)27-15/h1-9H,(H,26,31)(H2,27,28,32)/b7-5+. The lowest BCUT2D eigenvalue weighted by Gasteiger charge is -2.06. The van der Waals surface area contributed by atoms with E-state index in [0.29, 0.717) is 16.7 Å². The van der Waals surface area contributed by atoms with Crippen molar-refractivity contribution in [3.63, 3.8) is 0 Å². The van der Waals surface area contributed by atoms with Crippen LogP contribution in [0.25, 0.3) is 22.8 Å². The lowest BCUT2D eigenvalue weighted by molar-refractivity contribution is -0.141. The first-order valence-corrected chi connectivity index (χ1v) is 9.32. The smallest absolute Gasteiger partial charge is 0.321 e. The minimum Gasteiger partial charge on any atom is -0.321 e. The molecular weight excluding hydrogens is 454 g/mol. The maximum Gasteiger partial charge on any atom is 0.435 e. The Morgan fingerprint density at radius 1 is 1.16 bits per heavy atom. The van der Waals surface area contributed by atoms with Crippen LogP contribution in [0.4, 0.5) is 23.2 Å². The van der Waals surface area contributed by atoms with Gasteiger partial charge in [0.25, 0.3) is 0 Å². The van der Waals surface area contributed by atoms with Crippen molar-refractivity contribution in [2.24, 2.45) is 0 Å². The van der Waals surface area contributed by atoms with Crippen molar-refractivity contribution in [3.05, 3.63) is 81.3 Å². The molecule has 0 radical (unpaired) electrons. The molecule has 0 spiro atoms. The number of benzene rings is 2. The topological polar surface area (TPSA) is 95.6 Å². The number of halogens is 5. The zero-order chi connectivity index (χ0) is 23.0. The van der Waals surface area contributed by atoms with Gasteiger partial charge in [0, 0.05) is 6.08 Å². The van der Waals surface area contributed by atoms with E-state index in [2.05, 4.69) is 20.4 Å². The average Bonchev–Trinajstić information content (AvgIpc) is 3.32. The minimum absolute atomic E-state index is 0.0709. The number of rotatable bonds is 4. The van der Waals surface area contributed by atoms with E-state index in [1.807, 2.05) is 0 Å². The number of nitrogens with zero attached hydrogens (tertiary/aromatic N) is 2. The summed E-state index contributed by atoms with van der Waals surface area (Å²) in [5.74, 6) is -1.41. The highest BCUT2D eigenvalue weighted by Crippen LogP contribution is 2.30. The van der Waals surface area contributed by atoms with Crippen molar-refractivity contribution in [2.45, 2.75) is 6.18 Å². The number of carbonyl (C=O) groups excluding carboxylic acids is 1. The maximum absolute atomic E-state index is 13.5. The molecule has 2 aromatic carbocycles. The Morgan fingerprint density at radius 2 is 1.94 bits per heavy atom. The molecule has 0 aliphatic heterocycles. The first kappa shape index (κ1) is 21.4. The Kier molecular flexibility index (Phi) is 5.35. The van der Waals surface area contributed by atoms with E-state index in [1.165, 1.54) is 6.07 Å². The zero-order valence-electron chi connectivity index (χ0n) is 15.8. The molecular formula is C20H12ClF4N5O2. The van der Waals surface area contributed by atoms with Crippen LogP contribution in [0.2, 0.25) is 5.02 Å². The Hall–Kier alpha value is -3.86. The summed E-state index contributed by atoms with van der Waals surface area (Å²) in [4.78, 5) is 28.9. The van der Waals surface area contributed by atoms with Crippen LogP contribution in [0, 0.1) is 5.82 Å². The number of hydrogen-bond donors (Lipinski definition) is 3. The molecule has 4 aromatic rings. The van der Waals surface area contributed by atoms with Crippen molar-refractivity contribution in [2.75, 3.05) is 5.32 Å². The number of imidazole rings is 1. The summed E-state index contributed by atoms with van der Waals surface area (Å²) >= 11 is 5.73. The van der Waals surface area contributed by atoms with Crippen molar-refractivity contribution < 1.29 is 22.4 Å². The average molecular weight is 466 g/mol. The molecule has 3 N–H and O–H groups in total. The zero-order valence-corrected chi connectivity index (χ0v) is 16.6. The molecule has 0 aliphatic rings. The number of hydrogen-bond acceptors (Lipinski definition) is 3.